The van der Waals surface area contributed by atoms with Gasteiger partial charge in [0.05, 0.1) is 0 Å². The number of aryl methyl sites for hydroxylation is 1. The van der Waals surface area contributed by atoms with Crippen LogP contribution in [0.15, 0.2) is 153 Å². The molecule has 0 bridgehead atoms. The second-order valence-corrected chi connectivity index (χ2v) is 8.69. The van der Waals surface area contributed by atoms with E-state index in [0.29, 0.717) is 0 Å². The second kappa shape index (κ2) is 14.2. The lowest BCUT2D eigenvalue weighted by molar-refractivity contribution is 1.19. The molecule has 1 aliphatic carbocycles. The summed E-state index contributed by atoms with van der Waals surface area (Å²) >= 11 is 0. The molecule has 0 aliphatic heterocycles. The van der Waals surface area contributed by atoms with Crippen LogP contribution in [-0.2, 0) is 6.42 Å². The van der Waals surface area contributed by atoms with Gasteiger partial charge in [0.25, 0.3) is 0 Å². The second-order valence-electron chi connectivity index (χ2n) is 8.69. The molecule has 0 heteroatoms. The fourth-order valence-corrected chi connectivity index (χ4v) is 4.37. The summed E-state index contributed by atoms with van der Waals surface area (Å²) in [6.45, 7) is 14.2. The lowest BCUT2D eigenvalue weighted by Crippen LogP contribution is -1.88. The van der Waals surface area contributed by atoms with Crippen LogP contribution in [0.4, 0.5) is 0 Å². The lowest BCUT2D eigenvalue weighted by Gasteiger charge is -2.06. The van der Waals surface area contributed by atoms with E-state index in [1.807, 2.05) is 24.3 Å². The molecule has 0 spiro atoms. The Morgan fingerprint density at radius 3 is 1.70 bits per heavy atom. The number of hydrogen-bond donors (Lipinski definition) is 0. The molecule has 4 aromatic rings. The van der Waals surface area contributed by atoms with E-state index >= 15 is 0 Å². The van der Waals surface area contributed by atoms with Gasteiger partial charge in [0.1, 0.15) is 0 Å². The molecule has 0 nitrogen and oxygen atoms in total. The van der Waals surface area contributed by atoms with Crippen LogP contribution in [0, 0.1) is 6.92 Å². The maximum atomic E-state index is 4.05. The predicted molar refractivity (Wildman–Crippen MR) is 164 cm³/mol. The van der Waals surface area contributed by atoms with Crippen molar-refractivity contribution in [1.82, 2.24) is 0 Å². The molecule has 0 saturated carbocycles. The van der Waals surface area contributed by atoms with Gasteiger partial charge >= 0.3 is 0 Å². The van der Waals surface area contributed by atoms with E-state index in [2.05, 4.69) is 143 Å². The quantitative estimate of drug-likeness (QED) is 0.249. The maximum absolute atomic E-state index is 4.05. The van der Waals surface area contributed by atoms with Crippen LogP contribution in [-0.4, -0.2) is 0 Å². The molecule has 0 atom stereocenters. The summed E-state index contributed by atoms with van der Waals surface area (Å²) in [5.41, 5.74) is 11.5. The highest BCUT2D eigenvalue weighted by atomic mass is 14.3. The van der Waals surface area contributed by atoms with Gasteiger partial charge in [-0.1, -0.05) is 140 Å². The minimum atomic E-state index is 0.963. The van der Waals surface area contributed by atoms with Gasteiger partial charge in [0.2, 0.25) is 0 Å². The van der Waals surface area contributed by atoms with Crippen molar-refractivity contribution in [2.24, 2.45) is 0 Å². The van der Waals surface area contributed by atoms with Crippen LogP contribution >= 0.6 is 0 Å². The molecule has 0 aromatic heterocycles. The van der Waals surface area contributed by atoms with Crippen molar-refractivity contribution in [1.29, 1.82) is 0 Å². The van der Waals surface area contributed by atoms with Crippen LogP contribution in [0.25, 0.3) is 17.2 Å². The first-order valence-corrected chi connectivity index (χ1v) is 12.7. The van der Waals surface area contributed by atoms with Gasteiger partial charge in [-0.3, -0.25) is 0 Å². The average molecular weight is 481 g/mol. The highest BCUT2D eigenvalue weighted by molar-refractivity contribution is 6.09. The molecular formula is C37H36. The van der Waals surface area contributed by atoms with Crippen LogP contribution in [0.2, 0.25) is 0 Å². The minimum absolute atomic E-state index is 0.963. The number of rotatable bonds is 5. The fraction of sp³-hybridized carbons (Fsp3) is 0.0811. The van der Waals surface area contributed by atoms with Crippen molar-refractivity contribution in [2.45, 2.75) is 20.3 Å². The number of hydrogen-bond acceptors (Lipinski definition) is 0. The molecule has 0 saturated heterocycles. The van der Waals surface area contributed by atoms with E-state index in [0.717, 1.165) is 6.42 Å². The summed E-state index contributed by atoms with van der Waals surface area (Å²) < 4.78 is 0. The zero-order valence-electron chi connectivity index (χ0n) is 22.0. The van der Waals surface area contributed by atoms with Gasteiger partial charge in [-0.25, -0.2) is 0 Å². The van der Waals surface area contributed by atoms with E-state index in [4.69, 9.17) is 0 Å². The molecule has 0 N–H and O–H groups in total. The smallest absolute Gasteiger partial charge is 0.00258 e. The average Bonchev–Trinajstić information content (AvgIpc) is 3.24. The van der Waals surface area contributed by atoms with Crippen LogP contribution < -0.4 is 0 Å². The number of allylic oxidation sites excluding steroid dienone is 6. The third-order valence-electron chi connectivity index (χ3n) is 6.11. The van der Waals surface area contributed by atoms with Crippen molar-refractivity contribution in [3.05, 3.63) is 186 Å². The first-order valence-electron chi connectivity index (χ1n) is 12.7. The topological polar surface area (TPSA) is 0 Å². The third-order valence-corrected chi connectivity index (χ3v) is 6.11. The van der Waals surface area contributed by atoms with Crippen LogP contribution in [0.3, 0.4) is 0 Å². The zero-order valence-corrected chi connectivity index (χ0v) is 22.0. The maximum Gasteiger partial charge on any atom is -0.00258 e. The van der Waals surface area contributed by atoms with E-state index in [-0.39, 0.29) is 0 Å². The Balaban J connectivity index is 0.000000361. The fourth-order valence-electron chi connectivity index (χ4n) is 4.37. The van der Waals surface area contributed by atoms with Gasteiger partial charge in [-0.2, -0.15) is 0 Å². The predicted octanol–water partition coefficient (Wildman–Crippen LogP) is 10.1. The molecule has 0 unspecified atom stereocenters. The number of fused-ring (bicyclic) bond motifs is 1. The molecule has 1 aliphatic rings. The monoisotopic (exact) mass is 480 g/mol. The summed E-state index contributed by atoms with van der Waals surface area (Å²) in [5, 5.41) is 0. The van der Waals surface area contributed by atoms with Gasteiger partial charge in [-0.15, -0.1) is 13.2 Å². The molecule has 0 fully saturated rings. The van der Waals surface area contributed by atoms with E-state index in [1.165, 1.54) is 50.1 Å². The largest absolute Gasteiger partial charge is 0.106 e. The Hall–Kier alpha value is -4.42. The normalized spacial score (nSPS) is 12.9. The summed E-state index contributed by atoms with van der Waals surface area (Å²) in [4.78, 5) is 0. The summed E-state index contributed by atoms with van der Waals surface area (Å²) in [6.07, 6.45) is 9.51. The standard InChI is InChI=1S/C28H24.C7H8.C2H4/c1-3-10-25-24(4-2)26-13-8-9-14-27(26)28(25)20-23-17-15-22(16-18-23)19-21-11-6-5-7-12-21;1-7-5-3-2-4-6-7;1-2/h3-18,20H,2,19H2,1H3;2-6H,1H3;1-2H2/b10-3-,28-20-;;. The summed E-state index contributed by atoms with van der Waals surface area (Å²) in [6, 6.07) is 38.3. The lowest BCUT2D eigenvalue weighted by atomic mass is 9.98. The minimum Gasteiger partial charge on any atom is -0.106 e. The van der Waals surface area contributed by atoms with Gasteiger partial charge in [-0.05, 0) is 70.9 Å². The van der Waals surface area contributed by atoms with E-state index in [9.17, 15) is 0 Å². The summed E-state index contributed by atoms with van der Waals surface area (Å²) in [5.74, 6) is 0. The molecule has 4 aromatic carbocycles. The van der Waals surface area contributed by atoms with Crippen LogP contribution in [0.1, 0.15) is 40.3 Å². The van der Waals surface area contributed by atoms with Crippen molar-refractivity contribution in [3.8, 4) is 0 Å². The van der Waals surface area contributed by atoms with E-state index in [1.54, 1.807) is 0 Å². The molecule has 0 amide bonds. The Morgan fingerprint density at radius 1 is 0.622 bits per heavy atom. The molecule has 5 rings (SSSR count). The Kier molecular flexibility index (Phi) is 10.4. The SMILES string of the molecule is C=C.C=CC1=C(/C=C\C)/C(=C/c2ccc(Cc3ccccc3)cc2)c2ccccc21.Cc1ccccc1. The Labute approximate surface area is 223 Å². The van der Waals surface area contributed by atoms with Gasteiger partial charge in [0.15, 0.2) is 0 Å². The Bertz CT molecular complexity index is 1370. The van der Waals surface area contributed by atoms with Crippen molar-refractivity contribution in [2.75, 3.05) is 0 Å². The van der Waals surface area contributed by atoms with Crippen molar-refractivity contribution < 1.29 is 0 Å². The highest BCUT2D eigenvalue weighted by Gasteiger charge is 2.22. The Morgan fingerprint density at radius 2 is 1.16 bits per heavy atom. The van der Waals surface area contributed by atoms with Crippen molar-refractivity contribution >= 4 is 17.2 Å². The third kappa shape index (κ3) is 7.29. The zero-order chi connectivity index (χ0) is 26.5. The van der Waals surface area contributed by atoms with Gasteiger partial charge in [0, 0.05) is 0 Å². The highest BCUT2D eigenvalue weighted by Crippen LogP contribution is 2.43. The first-order chi connectivity index (χ1) is 18.2. The van der Waals surface area contributed by atoms with Crippen molar-refractivity contribution in [3.63, 3.8) is 0 Å². The van der Waals surface area contributed by atoms with E-state index < -0.39 is 0 Å². The molecular weight excluding hydrogens is 444 g/mol. The molecule has 37 heavy (non-hydrogen) atoms. The van der Waals surface area contributed by atoms with Gasteiger partial charge < -0.3 is 0 Å². The summed E-state index contributed by atoms with van der Waals surface area (Å²) in [7, 11) is 0. The van der Waals surface area contributed by atoms with Crippen LogP contribution in [0.5, 0.6) is 0 Å². The molecule has 184 valence electrons. The number of benzene rings is 4. The first kappa shape index (κ1) is 27.2. The molecule has 0 radical (unpaired) electrons. The molecule has 0 heterocycles.